The molecular weight excluding hydrogens is 224 g/mol. The summed E-state index contributed by atoms with van der Waals surface area (Å²) >= 11 is 0. The predicted molar refractivity (Wildman–Crippen MR) is 49.2 cm³/mol. The zero-order chi connectivity index (χ0) is 10.6. The van der Waals surface area contributed by atoms with Gasteiger partial charge in [-0.2, -0.15) is 0 Å². The van der Waals surface area contributed by atoms with Crippen LogP contribution < -0.4 is 0 Å². The summed E-state index contributed by atoms with van der Waals surface area (Å²) < 4.78 is 0. The lowest BCUT2D eigenvalue weighted by atomic mass is 9.96. The van der Waals surface area contributed by atoms with Crippen LogP contribution in [0, 0.1) is 0 Å². The van der Waals surface area contributed by atoms with Crippen molar-refractivity contribution in [3.05, 3.63) is 0 Å². The molecule has 0 fully saturated rings. The molecule has 0 aliphatic rings. The van der Waals surface area contributed by atoms with Crippen LogP contribution in [0.5, 0.6) is 0 Å². The molecule has 0 saturated carbocycles. The van der Waals surface area contributed by atoms with Gasteiger partial charge in [-0.3, -0.25) is 9.59 Å². The molecule has 0 unspecified atom stereocenters. The van der Waals surface area contributed by atoms with Gasteiger partial charge in [0.1, 0.15) is 0 Å². The second-order valence-corrected chi connectivity index (χ2v) is 2.48. The molecule has 0 spiro atoms. The minimum absolute atomic E-state index is 0. The zero-order valence-corrected chi connectivity index (χ0v) is 6.93. The third kappa shape index (κ3) is 7.08. The first-order chi connectivity index (χ1) is 5.78. The van der Waals surface area contributed by atoms with Crippen molar-refractivity contribution in [1.82, 2.24) is 0 Å². The molecule has 8 nitrogen and oxygen atoms in total. The van der Waals surface area contributed by atoms with Gasteiger partial charge in [-0.25, -0.2) is 4.79 Å². The SMILES string of the molecule is O.O=C(O)CC(O)(CC(=O)O)C(=O)O.[MgH2]. The van der Waals surface area contributed by atoms with E-state index in [-0.39, 0.29) is 28.5 Å². The van der Waals surface area contributed by atoms with E-state index in [1.807, 2.05) is 0 Å². The van der Waals surface area contributed by atoms with Gasteiger partial charge in [0.15, 0.2) is 5.60 Å². The lowest BCUT2D eigenvalue weighted by molar-refractivity contribution is -0.170. The van der Waals surface area contributed by atoms with Crippen molar-refractivity contribution >= 4 is 41.0 Å². The molecular formula is C6H12MgO8. The van der Waals surface area contributed by atoms with Gasteiger partial charge in [-0.1, -0.05) is 0 Å². The van der Waals surface area contributed by atoms with E-state index in [4.69, 9.17) is 20.4 Å². The first-order valence-corrected chi connectivity index (χ1v) is 3.17. The van der Waals surface area contributed by atoms with Crippen LogP contribution in [0.3, 0.4) is 0 Å². The molecule has 0 aliphatic carbocycles. The summed E-state index contributed by atoms with van der Waals surface area (Å²) in [5.74, 6) is -5.02. The molecule has 9 heteroatoms. The second kappa shape index (κ2) is 7.40. The van der Waals surface area contributed by atoms with Gasteiger partial charge >= 0.3 is 41.0 Å². The maximum Gasteiger partial charge on any atom is 0.336 e. The van der Waals surface area contributed by atoms with Crippen LogP contribution in [0.25, 0.3) is 0 Å². The Morgan fingerprint density at radius 1 is 0.933 bits per heavy atom. The summed E-state index contributed by atoms with van der Waals surface area (Å²) in [6, 6.07) is 0. The molecule has 0 heterocycles. The van der Waals surface area contributed by atoms with E-state index < -0.39 is 36.4 Å². The quantitative estimate of drug-likeness (QED) is 0.370. The first kappa shape index (κ1) is 19.6. The van der Waals surface area contributed by atoms with Gasteiger partial charge in [-0.05, 0) is 0 Å². The van der Waals surface area contributed by atoms with E-state index in [0.717, 1.165) is 0 Å². The maximum absolute atomic E-state index is 10.3. The van der Waals surface area contributed by atoms with Gasteiger partial charge in [-0.15, -0.1) is 0 Å². The molecule has 0 radical (unpaired) electrons. The number of aliphatic hydroxyl groups is 1. The Balaban J connectivity index is -0.000000720. The fourth-order valence-corrected chi connectivity index (χ4v) is 0.714. The Morgan fingerprint density at radius 2 is 1.20 bits per heavy atom. The third-order valence-corrected chi connectivity index (χ3v) is 1.29. The third-order valence-electron chi connectivity index (χ3n) is 1.29. The molecule has 0 aromatic rings. The Morgan fingerprint density at radius 3 is 1.33 bits per heavy atom. The number of hydrogen-bond acceptors (Lipinski definition) is 4. The van der Waals surface area contributed by atoms with Gasteiger partial charge in [0.2, 0.25) is 0 Å². The minimum Gasteiger partial charge on any atom is -0.481 e. The Kier molecular flexibility index (Phi) is 9.68. The van der Waals surface area contributed by atoms with E-state index in [1.165, 1.54) is 0 Å². The largest absolute Gasteiger partial charge is 0.481 e. The van der Waals surface area contributed by atoms with Gasteiger partial charge in [0.05, 0.1) is 12.8 Å². The van der Waals surface area contributed by atoms with E-state index in [2.05, 4.69) is 0 Å². The highest BCUT2D eigenvalue weighted by Gasteiger charge is 2.40. The van der Waals surface area contributed by atoms with Crippen LogP contribution in [-0.2, 0) is 14.4 Å². The van der Waals surface area contributed by atoms with Crippen molar-refractivity contribution in [2.75, 3.05) is 0 Å². The highest BCUT2D eigenvalue weighted by Crippen LogP contribution is 2.15. The van der Waals surface area contributed by atoms with Gasteiger partial charge < -0.3 is 25.9 Å². The summed E-state index contributed by atoms with van der Waals surface area (Å²) in [6.45, 7) is 0. The number of rotatable bonds is 5. The number of aliphatic carboxylic acids is 3. The Bertz CT molecular complexity index is 234. The molecule has 0 aliphatic heterocycles. The summed E-state index contributed by atoms with van der Waals surface area (Å²) in [7, 11) is 0. The number of carboxylic acids is 3. The average Bonchev–Trinajstić information content (AvgIpc) is 1.82. The molecule has 0 saturated heterocycles. The molecule has 6 N–H and O–H groups in total. The van der Waals surface area contributed by atoms with Crippen LogP contribution in [0.15, 0.2) is 0 Å². The van der Waals surface area contributed by atoms with Crippen molar-refractivity contribution in [3.8, 4) is 0 Å². The van der Waals surface area contributed by atoms with Crippen LogP contribution in [-0.4, -0.2) is 72.5 Å². The zero-order valence-electron chi connectivity index (χ0n) is 6.93. The summed E-state index contributed by atoms with van der Waals surface area (Å²) in [4.78, 5) is 30.5. The maximum atomic E-state index is 10.3. The summed E-state index contributed by atoms with van der Waals surface area (Å²) in [6.07, 6.45) is -2.29. The van der Waals surface area contributed by atoms with E-state index >= 15 is 0 Å². The van der Waals surface area contributed by atoms with Crippen molar-refractivity contribution in [1.29, 1.82) is 0 Å². The van der Waals surface area contributed by atoms with Crippen LogP contribution >= 0.6 is 0 Å². The summed E-state index contributed by atoms with van der Waals surface area (Å²) in [5, 5.41) is 33.8. The summed E-state index contributed by atoms with van der Waals surface area (Å²) in [5.41, 5.74) is -2.74. The topological polar surface area (TPSA) is 164 Å². The fraction of sp³-hybridized carbons (Fsp3) is 0.500. The van der Waals surface area contributed by atoms with Crippen LogP contribution in [0.1, 0.15) is 12.8 Å². The Labute approximate surface area is 100.0 Å². The molecule has 0 atom stereocenters. The molecule has 0 aromatic heterocycles. The Hall–Kier alpha value is -0.904. The van der Waals surface area contributed by atoms with Crippen molar-refractivity contribution < 1.29 is 40.3 Å². The van der Waals surface area contributed by atoms with E-state index in [0.29, 0.717) is 0 Å². The van der Waals surface area contributed by atoms with Crippen molar-refractivity contribution in [2.24, 2.45) is 0 Å². The molecule has 0 bridgehead atoms. The van der Waals surface area contributed by atoms with Crippen molar-refractivity contribution in [3.63, 3.8) is 0 Å². The lowest BCUT2D eigenvalue weighted by Crippen LogP contribution is -2.42. The van der Waals surface area contributed by atoms with E-state index in [9.17, 15) is 14.4 Å². The smallest absolute Gasteiger partial charge is 0.336 e. The standard InChI is InChI=1S/C6H8O7.Mg.H2O.2H/c7-3(8)1-6(13,5(11)12)2-4(9)10;;;;/h13H,1-2H2,(H,7,8)(H,9,10)(H,11,12);;1H2;;. The predicted octanol–water partition coefficient (Wildman–Crippen LogP) is -2.99. The van der Waals surface area contributed by atoms with Crippen molar-refractivity contribution in [2.45, 2.75) is 18.4 Å². The normalized spacial score (nSPS) is 9.40. The van der Waals surface area contributed by atoms with Gasteiger partial charge in [0, 0.05) is 0 Å². The lowest BCUT2D eigenvalue weighted by Gasteiger charge is -2.18. The average molecular weight is 236 g/mol. The number of hydrogen-bond donors (Lipinski definition) is 4. The number of carboxylic acid groups (broad SMARTS) is 3. The molecule has 0 rings (SSSR count). The first-order valence-electron chi connectivity index (χ1n) is 3.17. The second-order valence-electron chi connectivity index (χ2n) is 2.48. The molecule has 0 aromatic carbocycles. The number of carbonyl (C=O) groups is 3. The monoisotopic (exact) mass is 236 g/mol. The van der Waals surface area contributed by atoms with Crippen LogP contribution in [0.4, 0.5) is 0 Å². The fourth-order valence-electron chi connectivity index (χ4n) is 0.714. The van der Waals surface area contributed by atoms with E-state index in [1.54, 1.807) is 0 Å². The minimum atomic E-state index is -2.74. The molecule has 15 heavy (non-hydrogen) atoms. The highest BCUT2D eigenvalue weighted by molar-refractivity contribution is 5.88. The molecule has 86 valence electrons. The highest BCUT2D eigenvalue weighted by atomic mass is 24.3. The molecule has 0 amide bonds. The van der Waals surface area contributed by atoms with Crippen LogP contribution in [0.2, 0.25) is 0 Å². The van der Waals surface area contributed by atoms with Gasteiger partial charge in [0.25, 0.3) is 0 Å².